The highest BCUT2D eigenvalue weighted by atomic mass is 32.2. The summed E-state index contributed by atoms with van der Waals surface area (Å²) >= 11 is 2.72. The van der Waals surface area contributed by atoms with Gasteiger partial charge in [0.1, 0.15) is 5.82 Å². The van der Waals surface area contributed by atoms with Crippen molar-refractivity contribution in [2.24, 2.45) is 0 Å². The second kappa shape index (κ2) is 9.43. The molecule has 1 amide bonds. The number of Topliss-reactive ketones (excluding diaryl/α,β-unsaturated/α-hetero) is 1. The third-order valence-electron chi connectivity index (χ3n) is 3.70. The van der Waals surface area contributed by atoms with Gasteiger partial charge in [0.15, 0.2) is 10.1 Å². The van der Waals surface area contributed by atoms with Crippen LogP contribution in [0.25, 0.3) is 0 Å². The molecular formula is C20H17FN2O2S2. The van der Waals surface area contributed by atoms with Crippen LogP contribution in [-0.4, -0.2) is 22.4 Å². The minimum Gasteiger partial charge on any atom is -0.352 e. The van der Waals surface area contributed by atoms with Crippen molar-refractivity contribution >= 4 is 34.8 Å². The SMILES string of the molecule is O=C(Cc1csc(SCC(=O)c2ccc(F)cc2)n1)NCc1ccccc1. The van der Waals surface area contributed by atoms with Crippen LogP contribution in [0.3, 0.4) is 0 Å². The van der Waals surface area contributed by atoms with E-state index in [0.29, 0.717) is 17.8 Å². The molecule has 7 heteroatoms. The normalized spacial score (nSPS) is 10.6. The van der Waals surface area contributed by atoms with Gasteiger partial charge in [-0.15, -0.1) is 11.3 Å². The summed E-state index contributed by atoms with van der Waals surface area (Å²) in [6, 6.07) is 15.2. The molecule has 0 aliphatic carbocycles. The van der Waals surface area contributed by atoms with Crippen molar-refractivity contribution in [2.75, 3.05) is 5.75 Å². The number of ketones is 1. The fourth-order valence-electron chi connectivity index (χ4n) is 2.31. The molecule has 138 valence electrons. The number of nitrogens with one attached hydrogen (secondary N) is 1. The lowest BCUT2D eigenvalue weighted by Gasteiger charge is -2.03. The van der Waals surface area contributed by atoms with Gasteiger partial charge in [-0.25, -0.2) is 9.37 Å². The van der Waals surface area contributed by atoms with E-state index in [1.807, 2.05) is 35.7 Å². The lowest BCUT2D eigenvalue weighted by molar-refractivity contribution is -0.120. The van der Waals surface area contributed by atoms with Crippen LogP contribution in [0.2, 0.25) is 0 Å². The second-order valence-electron chi connectivity index (χ2n) is 5.76. The Bertz CT molecular complexity index is 911. The molecule has 0 spiro atoms. The zero-order valence-electron chi connectivity index (χ0n) is 14.4. The van der Waals surface area contributed by atoms with Crippen molar-refractivity contribution in [3.05, 3.63) is 82.6 Å². The van der Waals surface area contributed by atoms with E-state index in [1.54, 1.807) is 0 Å². The standard InChI is InChI=1S/C20H17FN2O2S2/c21-16-8-6-15(7-9-16)18(24)13-27-20-23-17(12-26-20)10-19(25)22-11-14-4-2-1-3-5-14/h1-9,12H,10-11,13H2,(H,22,25). The maximum absolute atomic E-state index is 12.9. The molecule has 0 aliphatic heterocycles. The highest BCUT2D eigenvalue weighted by Crippen LogP contribution is 2.24. The summed E-state index contributed by atoms with van der Waals surface area (Å²) in [7, 11) is 0. The molecule has 3 aromatic rings. The first-order chi connectivity index (χ1) is 13.1. The third-order valence-corrected chi connectivity index (χ3v) is 5.77. The number of halogens is 1. The van der Waals surface area contributed by atoms with Crippen LogP contribution in [-0.2, 0) is 17.8 Å². The molecule has 3 rings (SSSR count). The molecule has 0 saturated carbocycles. The van der Waals surface area contributed by atoms with Gasteiger partial charge >= 0.3 is 0 Å². The van der Waals surface area contributed by atoms with Crippen molar-refractivity contribution in [1.82, 2.24) is 10.3 Å². The van der Waals surface area contributed by atoms with E-state index in [4.69, 9.17) is 0 Å². The minimum absolute atomic E-state index is 0.0858. The summed E-state index contributed by atoms with van der Waals surface area (Å²) in [4.78, 5) is 28.5. The predicted molar refractivity (Wildman–Crippen MR) is 106 cm³/mol. The monoisotopic (exact) mass is 400 g/mol. The highest BCUT2D eigenvalue weighted by Gasteiger charge is 2.11. The van der Waals surface area contributed by atoms with E-state index < -0.39 is 0 Å². The van der Waals surface area contributed by atoms with Crippen LogP contribution in [0.15, 0.2) is 64.3 Å². The Kier molecular flexibility index (Phi) is 6.73. The van der Waals surface area contributed by atoms with Gasteiger partial charge in [0.2, 0.25) is 5.91 Å². The average Bonchev–Trinajstić information content (AvgIpc) is 3.13. The van der Waals surface area contributed by atoms with Crippen LogP contribution in [0, 0.1) is 5.82 Å². The maximum atomic E-state index is 12.9. The first-order valence-corrected chi connectivity index (χ1v) is 10.1. The third kappa shape index (κ3) is 6.01. The largest absolute Gasteiger partial charge is 0.352 e. The van der Waals surface area contributed by atoms with Crippen molar-refractivity contribution in [3.63, 3.8) is 0 Å². The van der Waals surface area contributed by atoms with Gasteiger partial charge in [-0.1, -0.05) is 42.1 Å². The smallest absolute Gasteiger partial charge is 0.226 e. The second-order valence-corrected chi connectivity index (χ2v) is 7.84. The van der Waals surface area contributed by atoms with Crippen LogP contribution in [0.4, 0.5) is 4.39 Å². The molecule has 0 atom stereocenters. The Hall–Kier alpha value is -2.51. The maximum Gasteiger partial charge on any atom is 0.226 e. The number of hydrogen-bond acceptors (Lipinski definition) is 5. The summed E-state index contributed by atoms with van der Waals surface area (Å²) < 4.78 is 13.6. The van der Waals surface area contributed by atoms with Crippen molar-refractivity contribution < 1.29 is 14.0 Å². The van der Waals surface area contributed by atoms with Gasteiger partial charge in [-0.3, -0.25) is 9.59 Å². The Morgan fingerprint density at radius 3 is 2.56 bits per heavy atom. The zero-order valence-corrected chi connectivity index (χ0v) is 16.0. The Morgan fingerprint density at radius 1 is 1.07 bits per heavy atom. The Balaban J connectivity index is 1.45. The number of hydrogen-bond donors (Lipinski definition) is 1. The van der Waals surface area contributed by atoms with E-state index in [1.165, 1.54) is 47.4 Å². The summed E-state index contributed by atoms with van der Waals surface area (Å²) in [6.07, 6.45) is 0.204. The van der Waals surface area contributed by atoms with E-state index in [-0.39, 0.29) is 29.7 Å². The van der Waals surface area contributed by atoms with Gasteiger partial charge < -0.3 is 5.32 Å². The summed E-state index contributed by atoms with van der Waals surface area (Å²) in [5.74, 6) is -0.326. The van der Waals surface area contributed by atoms with E-state index in [0.717, 1.165) is 9.90 Å². The number of amides is 1. The Morgan fingerprint density at radius 2 is 1.81 bits per heavy atom. The number of carbonyl (C=O) groups excluding carboxylic acids is 2. The number of carbonyl (C=O) groups is 2. The van der Waals surface area contributed by atoms with Crippen LogP contribution < -0.4 is 5.32 Å². The van der Waals surface area contributed by atoms with Crippen molar-refractivity contribution in [3.8, 4) is 0 Å². The molecule has 0 fully saturated rings. The quantitative estimate of drug-likeness (QED) is 0.457. The van der Waals surface area contributed by atoms with Gasteiger partial charge in [-0.2, -0.15) is 0 Å². The fraction of sp³-hybridized carbons (Fsp3) is 0.150. The van der Waals surface area contributed by atoms with E-state index >= 15 is 0 Å². The molecule has 2 aromatic carbocycles. The number of thioether (sulfide) groups is 1. The average molecular weight is 401 g/mol. The molecule has 0 unspecified atom stereocenters. The molecule has 1 heterocycles. The first-order valence-electron chi connectivity index (χ1n) is 8.27. The minimum atomic E-state index is -0.366. The molecule has 0 bridgehead atoms. The van der Waals surface area contributed by atoms with Gasteiger partial charge in [0, 0.05) is 17.5 Å². The molecule has 1 aromatic heterocycles. The highest BCUT2D eigenvalue weighted by molar-refractivity contribution is 8.01. The van der Waals surface area contributed by atoms with Crippen molar-refractivity contribution in [1.29, 1.82) is 0 Å². The lowest BCUT2D eigenvalue weighted by atomic mass is 10.1. The lowest BCUT2D eigenvalue weighted by Crippen LogP contribution is -2.24. The first kappa shape index (κ1) is 19.3. The molecular weight excluding hydrogens is 383 g/mol. The number of nitrogens with zero attached hydrogens (tertiary/aromatic N) is 1. The van der Waals surface area contributed by atoms with Crippen LogP contribution >= 0.6 is 23.1 Å². The van der Waals surface area contributed by atoms with E-state index in [9.17, 15) is 14.0 Å². The summed E-state index contributed by atoms with van der Waals surface area (Å²) in [6.45, 7) is 0.484. The fourth-order valence-corrected chi connectivity index (χ4v) is 4.04. The van der Waals surface area contributed by atoms with Gasteiger partial charge in [0.25, 0.3) is 0 Å². The van der Waals surface area contributed by atoms with Crippen molar-refractivity contribution in [2.45, 2.75) is 17.3 Å². The zero-order chi connectivity index (χ0) is 19.1. The molecule has 0 aliphatic rings. The van der Waals surface area contributed by atoms with Crippen LogP contribution in [0.5, 0.6) is 0 Å². The molecule has 1 N–H and O–H groups in total. The molecule has 0 saturated heterocycles. The Labute approximate surface area is 164 Å². The predicted octanol–water partition coefficient (Wildman–Crippen LogP) is 4.12. The molecule has 27 heavy (non-hydrogen) atoms. The topological polar surface area (TPSA) is 59.1 Å². The summed E-state index contributed by atoms with van der Waals surface area (Å²) in [5.41, 5.74) is 2.20. The number of benzene rings is 2. The van der Waals surface area contributed by atoms with E-state index in [2.05, 4.69) is 10.3 Å². The van der Waals surface area contributed by atoms with Gasteiger partial charge in [0.05, 0.1) is 17.9 Å². The molecule has 4 nitrogen and oxygen atoms in total. The van der Waals surface area contributed by atoms with Crippen LogP contribution in [0.1, 0.15) is 21.6 Å². The number of rotatable bonds is 8. The van der Waals surface area contributed by atoms with Gasteiger partial charge in [-0.05, 0) is 29.8 Å². The number of aromatic nitrogens is 1. The summed E-state index contributed by atoms with van der Waals surface area (Å²) in [5, 5.41) is 4.69. The number of thiazole rings is 1. The molecule has 0 radical (unpaired) electrons.